The molecule has 0 bridgehead atoms. The molecule has 0 aliphatic carbocycles. The van der Waals surface area contributed by atoms with Gasteiger partial charge in [0.2, 0.25) is 5.91 Å². The molecule has 0 aliphatic rings. The van der Waals surface area contributed by atoms with Gasteiger partial charge in [-0.15, -0.1) is 0 Å². The van der Waals surface area contributed by atoms with Crippen LogP contribution in [0.5, 0.6) is 11.5 Å². The summed E-state index contributed by atoms with van der Waals surface area (Å²) < 4.78 is 14.3. The molecule has 0 saturated carbocycles. The molecule has 0 aliphatic heterocycles. The van der Waals surface area contributed by atoms with Crippen LogP contribution in [0.15, 0.2) is 109 Å². The largest absolute Gasteiger partial charge is 0.497 e. The Morgan fingerprint density at radius 3 is 1.45 bits per heavy atom. The lowest BCUT2D eigenvalue weighted by Crippen LogP contribution is -2.12. The van der Waals surface area contributed by atoms with Crippen molar-refractivity contribution >= 4 is 41.0 Å². The molecule has 0 atom stereocenters. The molecule has 0 fully saturated rings. The van der Waals surface area contributed by atoms with Gasteiger partial charge in [0, 0.05) is 22.8 Å². The quantitative estimate of drug-likeness (QED) is 0.105. The van der Waals surface area contributed by atoms with Gasteiger partial charge >= 0.3 is 11.9 Å². The Balaban J connectivity index is 0.000000211. The number of aryl methyl sites for hydroxylation is 2. The van der Waals surface area contributed by atoms with Gasteiger partial charge in [0.1, 0.15) is 17.6 Å². The molecular formula is C42H36Cl2N4O7. The van der Waals surface area contributed by atoms with Crippen LogP contribution in [0.2, 0.25) is 10.0 Å². The first kappa shape index (κ1) is 39.7. The van der Waals surface area contributed by atoms with Crippen molar-refractivity contribution in [2.45, 2.75) is 25.7 Å². The molecule has 6 rings (SSSR count). The number of carbonyl (C=O) groups is 3. The Morgan fingerprint density at radius 1 is 0.655 bits per heavy atom. The summed E-state index contributed by atoms with van der Waals surface area (Å²) in [5.41, 5.74) is 12.8. The van der Waals surface area contributed by atoms with Gasteiger partial charge in [0.05, 0.1) is 59.6 Å². The van der Waals surface area contributed by atoms with Crippen molar-refractivity contribution < 1.29 is 34.1 Å². The third-order valence-corrected chi connectivity index (χ3v) is 9.32. The van der Waals surface area contributed by atoms with E-state index in [2.05, 4.69) is 0 Å². The van der Waals surface area contributed by atoms with Gasteiger partial charge in [-0.3, -0.25) is 14.4 Å². The highest BCUT2D eigenvalue weighted by Gasteiger charge is 2.17. The van der Waals surface area contributed by atoms with Crippen LogP contribution in [0.4, 0.5) is 0 Å². The number of benzene rings is 4. The average Bonchev–Trinajstić information content (AvgIpc) is 3.81. The molecule has 0 radical (unpaired) electrons. The van der Waals surface area contributed by atoms with E-state index in [4.69, 9.17) is 53.9 Å². The SMILES string of the molecule is COc1ccc(-c2ccc(CCC(=O)O)n2-c2ccc(C#N)c(Cl)c2)cc1.COc1ccc(-c2ccc(CCC(=O)O)n2-c2ccc(C(N)=O)c(Cl)c2)cc1. The molecule has 6 aromatic rings. The molecule has 0 unspecified atom stereocenters. The topological polar surface area (TPSA) is 170 Å². The molecule has 2 heterocycles. The minimum Gasteiger partial charge on any atom is -0.497 e. The molecule has 280 valence electrons. The van der Waals surface area contributed by atoms with Crippen LogP contribution in [-0.2, 0) is 22.4 Å². The zero-order chi connectivity index (χ0) is 39.6. The summed E-state index contributed by atoms with van der Waals surface area (Å²) in [6, 6.07) is 35.0. The normalized spacial score (nSPS) is 10.5. The van der Waals surface area contributed by atoms with E-state index in [0.717, 1.165) is 51.1 Å². The highest BCUT2D eigenvalue weighted by molar-refractivity contribution is 6.34. The maximum absolute atomic E-state index is 11.5. The lowest BCUT2D eigenvalue weighted by molar-refractivity contribution is -0.138. The number of aliphatic carboxylic acids is 2. The Morgan fingerprint density at radius 2 is 1.09 bits per heavy atom. The fraction of sp³-hybridized carbons (Fsp3) is 0.143. The molecule has 4 aromatic carbocycles. The third kappa shape index (κ3) is 9.55. The van der Waals surface area contributed by atoms with Crippen molar-refractivity contribution in [3.8, 4) is 51.5 Å². The number of primary amides is 1. The molecule has 11 nitrogen and oxygen atoms in total. The van der Waals surface area contributed by atoms with E-state index in [1.165, 1.54) is 0 Å². The van der Waals surface area contributed by atoms with Crippen LogP contribution >= 0.6 is 23.2 Å². The van der Waals surface area contributed by atoms with Crippen LogP contribution in [0.3, 0.4) is 0 Å². The zero-order valence-corrected chi connectivity index (χ0v) is 31.3. The predicted octanol–water partition coefficient (Wildman–Crippen LogP) is 8.62. The highest BCUT2D eigenvalue weighted by Crippen LogP contribution is 2.32. The maximum atomic E-state index is 11.5. The highest BCUT2D eigenvalue weighted by atomic mass is 35.5. The summed E-state index contributed by atoms with van der Waals surface area (Å²) in [7, 11) is 3.21. The molecule has 0 spiro atoms. The van der Waals surface area contributed by atoms with Gasteiger partial charge < -0.3 is 34.6 Å². The fourth-order valence-electron chi connectivity index (χ4n) is 5.98. The maximum Gasteiger partial charge on any atom is 0.303 e. The summed E-state index contributed by atoms with van der Waals surface area (Å²) in [5, 5.41) is 27.8. The minimum absolute atomic E-state index is 0.000826. The summed E-state index contributed by atoms with van der Waals surface area (Å²) in [4.78, 5) is 33.5. The summed E-state index contributed by atoms with van der Waals surface area (Å²) in [6.07, 6.45) is 0.749. The number of ether oxygens (including phenoxy) is 2. The molecule has 4 N–H and O–H groups in total. The number of aromatic nitrogens is 2. The van der Waals surface area contributed by atoms with Gasteiger partial charge in [-0.2, -0.15) is 5.26 Å². The summed E-state index contributed by atoms with van der Waals surface area (Å²) in [5.74, 6) is -0.843. The number of halogens is 2. The van der Waals surface area contributed by atoms with Crippen molar-refractivity contribution in [1.82, 2.24) is 9.13 Å². The number of carbonyl (C=O) groups excluding carboxylic acids is 1. The van der Waals surface area contributed by atoms with E-state index in [1.807, 2.05) is 94.1 Å². The lowest BCUT2D eigenvalue weighted by Gasteiger charge is -2.15. The number of nitrogens with zero attached hydrogens (tertiary/aromatic N) is 3. The Labute approximate surface area is 327 Å². The first-order chi connectivity index (χ1) is 26.4. The number of nitrogens with two attached hydrogens (primary N) is 1. The van der Waals surface area contributed by atoms with Crippen LogP contribution < -0.4 is 15.2 Å². The second-order valence-electron chi connectivity index (χ2n) is 12.1. The van der Waals surface area contributed by atoms with Gasteiger partial charge in [-0.25, -0.2) is 0 Å². The molecule has 2 aromatic heterocycles. The number of nitriles is 1. The Hall–Kier alpha value is -6.48. The first-order valence-electron chi connectivity index (χ1n) is 16.9. The number of methoxy groups -OCH3 is 2. The molecule has 0 saturated heterocycles. The summed E-state index contributed by atoms with van der Waals surface area (Å²) >= 11 is 12.5. The van der Waals surface area contributed by atoms with Gasteiger partial charge in [0.15, 0.2) is 0 Å². The number of carboxylic acids is 2. The number of hydrogen-bond donors (Lipinski definition) is 3. The van der Waals surface area contributed by atoms with Gasteiger partial charge in [0.25, 0.3) is 0 Å². The molecular weight excluding hydrogens is 743 g/mol. The average molecular weight is 780 g/mol. The van der Waals surface area contributed by atoms with E-state index in [-0.39, 0.29) is 23.4 Å². The second kappa shape index (κ2) is 18.0. The van der Waals surface area contributed by atoms with E-state index in [1.54, 1.807) is 44.6 Å². The van der Waals surface area contributed by atoms with Crippen molar-refractivity contribution in [1.29, 1.82) is 5.26 Å². The molecule has 1 amide bonds. The Kier molecular flexibility index (Phi) is 13.0. The minimum atomic E-state index is -0.874. The number of hydrogen-bond acceptors (Lipinski definition) is 6. The van der Waals surface area contributed by atoms with Crippen molar-refractivity contribution in [2.24, 2.45) is 5.73 Å². The van der Waals surface area contributed by atoms with Crippen LogP contribution in [0, 0.1) is 11.3 Å². The smallest absolute Gasteiger partial charge is 0.303 e. The zero-order valence-electron chi connectivity index (χ0n) is 29.8. The van der Waals surface area contributed by atoms with Gasteiger partial charge in [-0.1, -0.05) is 23.2 Å². The second-order valence-corrected chi connectivity index (χ2v) is 13.0. The van der Waals surface area contributed by atoms with Crippen molar-refractivity contribution in [3.63, 3.8) is 0 Å². The monoisotopic (exact) mass is 778 g/mol. The van der Waals surface area contributed by atoms with Gasteiger partial charge in [-0.05, 0) is 133 Å². The fourth-order valence-corrected chi connectivity index (χ4v) is 6.46. The van der Waals surface area contributed by atoms with E-state index >= 15 is 0 Å². The molecule has 55 heavy (non-hydrogen) atoms. The molecule has 13 heteroatoms. The van der Waals surface area contributed by atoms with Crippen LogP contribution in [0.1, 0.15) is 40.2 Å². The van der Waals surface area contributed by atoms with Crippen molar-refractivity contribution in [2.75, 3.05) is 14.2 Å². The third-order valence-electron chi connectivity index (χ3n) is 8.69. The lowest BCUT2D eigenvalue weighted by atomic mass is 10.1. The Bertz CT molecular complexity index is 2380. The first-order valence-corrected chi connectivity index (χ1v) is 17.6. The van der Waals surface area contributed by atoms with E-state index < -0.39 is 17.8 Å². The van der Waals surface area contributed by atoms with E-state index in [9.17, 15) is 14.4 Å². The number of amides is 1. The number of rotatable bonds is 13. The van der Waals surface area contributed by atoms with Crippen LogP contribution in [-0.4, -0.2) is 51.4 Å². The van der Waals surface area contributed by atoms with Crippen molar-refractivity contribution in [3.05, 3.63) is 142 Å². The summed E-state index contributed by atoms with van der Waals surface area (Å²) in [6.45, 7) is 0. The number of carboxylic acid groups (broad SMARTS) is 2. The van der Waals surface area contributed by atoms with E-state index in [0.29, 0.717) is 29.1 Å². The van der Waals surface area contributed by atoms with Crippen LogP contribution in [0.25, 0.3) is 33.9 Å². The predicted molar refractivity (Wildman–Crippen MR) is 211 cm³/mol. The standard InChI is InChI=1S/C21H19ClN2O4.C21H17ClN2O3/c1-28-16-7-2-13(3-8-16)19-10-5-14(6-11-20(25)26)24(19)15-4-9-17(21(23)27)18(22)12-15;1-27-18-8-3-14(4-9-18)20-10-6-16(7-11-21(25)26)24(20)17-5-2-15(13-23)19(22)12-17/h2-5,7-10,12H,6,11H2,1H3,(H2,23,27)(H,25,26);2-6,8-10,12H,7,11H2,1H3,(H,25,26).